The first-order chi connectivity index (χ1) is 12.7. The van der Waals surface area contributed by atoms with Gasteiger partial charge in [-0.3, -0.25) is 14.1 Å². The van der Waals surface area contributed by atoms with Crippen LogP contribution in [0.15, 0.2) is 0 Å². The Labute approximate surface area is 159 Å². The van der Waals surface area contributed by atoms with Crippen LogP contribution >= 0.6 is 11.8 Å². The van der Waals surface area contributed by atoms with Crippen molar-refractivity contribution in [1.29, 1.82) is 0 Å². The summed E-state index contributed by atoms with van der Waals surface area (Å²) in [4.78, 5) is 51.2. The lowest BCUT2D eigenvalue weighted by atomic mass is 10.0. The highest BCUT2D eigenvalue weighted by Gasteiger charge is 2.48. The molecule has 3 rings (SSSR count). The molecule has 0 saturated carbocycles. The van der Waals surface area contributed by atoms with Crippen LogP contribution in [-0.4, -0.2) is 70.2 Å². The third-order valence-electron chi connectivity index (χ3n) is 4.67. The van der Waals surface area contributed by atoms with E-state index in [0.29, 0.717) is 12.8 Å². The Morgan fingerprint density at radius 3 is 2.67 bits per heavy atom. The number of hydrogen-bond acceptors (Lipinski definition) is 8. The molecule has 11 nitrogen and oxygen atoms in total. The van der Waals surface area contributed by atoms with E-state index in [0.717, 1.165) is 12.2 Å². The molecule has 4 atom stereocenters. The SMILES string of the molecule is O=C1N[C@@H]2[C@@H](CS[C@@H]2CCCCC(=O)ON2C(=O)C[C@H](S(=O)(=O)O)C2=O)N1. The average Bonchev–Trinajstić information content (AvgIpc) is 3.19. The van der Waals surface area contributed by atoms with E-state index in [-0.39, 0.29) is 34.8 Å². The summed E-state index contributed by atoms with van der Waals surface area (Å²) in [5.74, 6) is -2.26. The number of nitrogens with zero attached hydrogens (tertiary/aromatic N) is 1. The van der Waals surface area contributed by atoms with E-state index < -0.39 is 39.6 Å². The minimum Gasteiger partial charge on any atom is -0.332 e. The van der Waals surface area contributed by atoms with E-state index in [1.807, 2.05) is 0 Å². The fourth-order valence-corrected chi connectivity index (χ4v) is 5.56. The van der Waals surface area contributed by atoms with Gasteiger partial charge in [0.05, 0.1) is 18.5 Å². The normalized spacial score (nSPS) is 30.3. The highest BCUT2D eigenvalue weighted by molar-refractivity contribution is 8.00. The molecule has 0 aliphatic carbocycles. The van der Waals surface area contributed by atoms with Gasteiger partial charge in [-0.05, 0) is 12.8 Å². The van der Waals surface area contributed by atoms with Crippen molar-refractivity contribution < 1.29 is 37.0 Å². The van der Waals surface area contributed by atoms with Gasteiger partial charge < -0.3 is 15.5 Å². The van der Waals surface area contributed by atoms with E-state index in [4.69, 9.17) is 4.55 Å². The number of thioether (sulfide) groups is 1. The molecule has 4 amide bonds. The standard InChI is InChI=1S/C14H19N3O8S2/c18-10-5-9(27(22,23)24)13(20)17(10)25-11(19)4-2-1-3-8-12-7(6-26-8)15-14(21)16-12/h7-9,12H,1-6H2,(H2,15,16,21)(H,22,23,24)/t7-,8-,9+,12-/m1/s1. The lowest BCUT2D eigenvalue weighted by Crippen LogP contribution is -2.37. The van der Waals surface area contributed by atoms with E-state index >= 15 is 0 Å². The number of carbonyl (C=O) groups excluding carboxylic acids is 4. The predicted molar refractivity (Wildman–Crippen MR) is 91.9 cm³/mol. The van der Waals surface area contributed by atoms with Gasteiger partial charge in [-0.15, -0.1) is 5.06 Å². The van der Waals surface area contributed by atoms with Crippen molar-refractivity contribution >= 4 is 45.7 Å². The van der Waals surface area contributed by atoms with E-state index in [1.165, 1.54) is 0 Å². The molecule has 0 unspecified atom stereocenters. The topological polar surface area (TPSA) is 159 Å². The van der Waals surface area contributed by atoms with Crippen LogP contribution in [0.1, 0.15) is 32.1 Å². The Balaban J connectivity index is 1.40. The van der Waals surface area contributed by atoms with Gasteiger partial charge in [0.25, 0.3) is 21.9 Å². The van der Waals surface area contributed by atoms with Gasteiger partial charge in [0.15, 0.2) is 5.25 Å². The largest absolute Gasteiger partial charge is 0.333 e. The molecular weight excluding hydrogens is 402 g/mol. The number of hydrogen-bond donors (Lipinski definition) is 3. The summed E-state index contributed by atoms with van der Waals surface area (Å²) in [5.41, 5.74) is 0. The molecule has 0 aromatic carbocycles. The van der Waals surface area contributed by atoms with Crippen LogP contribution in [-0.2, 0) is 29.3 Å². The summed E-state index contributed by atoms with van der Waals surface area (Å²) >= 11 is 1.75. The molecule has 3 aliphatic heterocycles. The van der Waals surface area contributed by atoms with Crippen LogP contribution < -0.4 is 10.6 Å². The Kier molecular flexibility index (Phi) is 5.63. The predicted octanol–water partition coefficient (Wildman–Crippen LogP) is -0.814. The van der Waals surface area contributed by atoms with Gasteiger partial charge in [0.1, 0.15) is 0 Å². The molecule has 0 bridgehead atoms. The molecule has 3 N–H and O–H groups in total. The van der Waals surface area contributed by atoms with Crippen molar-refractivity contribution in [2.24, 2.45) is 0 Å². The fraction of sp³-hybridized carbons (Fsp3) is 0.714. The average molecular weight is 421 g/mol. The monoisotopic (exact) mass is 421 g/mol. The van der Waals surface area contributed by atoms with Crippen LogP contribution in [0.3, 0.4) is 0 Å². The maximum absolute atomic E-state index is 11.8. The molecule has 3 aliphatic rings. The number of carbonyl (C=O) groups is 4. The Morgan fingerprint density at radius 2 is 2.00 bits per heavy atom. The van der Waals surface area contributed by atoms with E-state index in [1.54, 1.807) is 11.8 Å². The quantitative estimate of drug-likeness (QED) is 0.207. The van der Waals surface area contributed by atoms with Crippen molar-refractivity contribution in [3.05, 3.63) is 0 Å². The molecule has 0 radical (unpaired) electrons. The minimum absolute atomic E-state index is 0.0519. The number of fused-ring (bicyclic) bond motifs is 1. The van der Waals surface area contributed by atoms with Gasteiger partial charge in [-0.1, -0.05) is 6.42 Å². The van der Waals surface area contributed by atoms with E-state index in [2.05, 4.69) is 15.5 Å². The van der Waals surface area contributed by atoms with Crippen LogP contribution in [0.5, 0.6) is 0 Å². The summed E-state index contributed by atoms with van der Waals surface area (Å²) in [5, 5.41) is 4.15. The number of urea groups is 1. The van der Waals surface area contributed by atoms with Crippen LogP contribution in [0.4, 0.5) is 4.79 Å². The Hall–Kier alpha value is -1.86. The van der Waals surface area contributed by atoms with Crippen molar-refractivity contribution in [2.75, 3.05) is 5.75 Å². The van der Waals surface area contributed by atoms with Crippen molar-refractivity contribution in [3.8, 4) is 0 Å². The lowest BCUT2D eigenvalue weighted by Gasteiger charge is -2.16. The zero-order valence-electron chi connectivity index (χ0n) is 14.1. The van der Waals surface area contributed by atoms with Gasteiger partial charge in [-0.25, -0.2) is 9.59 Å². The molecule has 3 heterocycles. The number of imide groups is 1. The first-order valence-electron chi connectivity index (χ1n) is 8.39. The summed E-state index contributed by atoms with van der Waals surface area (Å²) in [6.45, 7) is 0. The number of rotatable bonds is 7. The van der Waals surface area contributed by atoms with Gasteiger partial charge in [-0.2, -0.15) is 20.2 Å². The lowest BCUT2D eigenvalue weighted by molar-refractivity contribution is -0.197. The second-order valence-electron chi connectivity index (χ2n) is 6.57. The molecule has 0 aromatic rings. The molecule has 3 fully saturated rings. The van der Waals surface area contributed by atoms with Crippen LogP contribution in [0.2, 0.25) is 0 Å². The second kappa shape index (κ2) is 7.64. The maximum atomic E-state index is 11.8. The molecule has 27 heavy (non-hydrogen) atoms. The summed E-state index contributed by atoms with van der Waals surface area (Å²) in [7, 11) is -4.74. The molecular formula is C14H19N3O8S2. The molecule has 0 aromatic heterocycles. The van der Waals surface area contributed by atoms with Gasteiger partial charge in [0, 0.05) is 17.4 Å². The number of hydroxylamine groups is 2. The van der Waals surface area contributed by atoms with Crippen LogP contribution in [0.25, 0.3) is 0 Å². The zero-order chi connectivity index (χ0) is 19.8. The van der Waals surface area contributed by atoms with Gasteiger partial charge in [0.2, 0.25) is 0 Å². The molecule has 3 saturated heterocycles. The first-order valence-corrected chi connectivity index (χ1v) is 10.9. The molecule has 13 heteroatoms. The number of amides is 4. The van der Waals surface area contributed by atoms with Crippen molar-refractivity contribution in [3.63, 3.8) is 0 Å². The third-order valence-corrected chi connectivity index (χ3v) is 7.27. The summed E-state index contributed by atoms with van der Waals surface area (Å²) in [6.07, 6.45) is 1.11. The second-order valence-corrected chi connectivity index (χ2v) is 9.44. The maximum Gasteiger partial charge on any atom is 0.333 e. The van der Waals surface area contributed by atoms with Gasteiger partial charge >= 0.3 is 12.0 Å². The molecule has 0 spiro atoms. The van der Waals surface area contributed by atoms with Crippen molar-refractivity contribution in [2.45, 2.75) is 54.7 Å². The highest BCUT2D eigenvalue weighted by atomic mass is 32.2. The summed E-state index contributed by atoms with van der Waals surface area (Å²) < 4.78 is 31.0. The first kappa shape index (κ1) is 19.9. The summed E-state index contributed by atoms with van der Waals surface area (Å²) in [6, 6.07) is 0.0362. The number of nitrogens with one attached hydrogen (secondary N) is 2. The third kappa shape index (κ3) is 4.35. The number of unbranched alkanes of at least 4 members (excludes halogenated alkanes) is 1. The fourth-order valence-electron chi connectivity index (χ4n) is 3.32. The van der Waals surface area contributed by atoms with Crippen LogP contribution in [0, 0.1) is 0 Å². The van der Waals surface area contributed by atoms with Crippen molar-refractivity contribution in [1.82, 2.24) is 15.7 Å². The Morgan fingerprint density at radius 1 is 1.26 bits per heavy atom. The molecule has 150 valence electrons. The minimum atomic E-state index is -4.74. The smallest absolute Gasteiger partial charge is 0.332 e. The Bertz CT molecular complexity index is 770. The van der Waals surface area contributed by atoms with E-state index in [9.17, 15) is 27.6 Å². The zero-order valence-corrected chi connectivity index (χ0v) is 15.8. The highest BCUT2D eigenvalue weighted by Crippen LogP contribution is 2.33.